The van der Waals surface area contributed by atoms with Gasteiger partial charge in [-0.25, -0.2) is 19.6 Å². The van der Waals surface area contributed by atoms with Gasteiger partial charge in [-0.1, -0.05) is 0 Å². The molecule has 3 N–H and O–H groups in total. The number of carbonyl (C=O) groups is 1. The van der Waals surface area contributed by atoms with Crippen LogP contribution < -0.4 is 20.9 Å². The third-order valence-electron chi connectivity index (χ3n) is 6.85. The highest BCUT2D eigenvalue weighted by atomic mass is 19.1. The van der Waals surface area contributed by atoms with Gasteiger partial charge < -0.3 is 24.8 Å². The van der Waals surface area contributed by atoms with E-state index in [2.05, 4.69) is 58.9 Å². The van der Waals surface area contributed by atoms with Crippen LogP contribution in [0.25, 0.3) is 0 Å². The molecular formula is C20H33FN8O2. The number of nitrogens with one attached hydrogen (secondary N) is 3. The summed E-state index contributed by atoms with van der Waals surface area (Å²) in [7, 11) is 2.09. The molecule has 3 fully saturated rings. The Bertz CT molecular complexity index is 824. The van der Waals surface area contributed by atoms with Gasteiger partial charge in [0.05, 0.1) is 30.6 Å². The van der Waals surface area contributed by atoms with Gasteiger partial charge in [0.25, 0.3) is 0 Å². The summed E-state index contributed by atoms with van der Waals surface area (Å²) in [5, 5.41) is 3.13. The summed E-state index contributed by atoms with van der Waals surface area (Å²) in [6.45, 7) is 11.4. The maximum Gasteiger partial charge on any atom is 0.320 e. The molecule has 1 aromatic rings. The van der Waals surface area contributed by atoms with Crippen molar-refractivity contribution in [3.8, 4) is 6.01 Å². The molecule has 4 heterocycles. The van der Waals surface area contributed by atoms with E-state index < -0.39 is 11.4 Å². The number of hydrogen-bond donors (Lipinski definition) is 3. The van der Waals surface area contributed by atoms with Crippen molar-refractivity contribution in [3.63, 3.8) is 0 Å². The predicted molar refractivity (Wildman–Crippen MR) is 114 cm³/mol. The van der Waals surface area contributed by atoms with E-state index in [1.807, 2.05) is 16.7 Å². The Labute approximate surface area is 182 Å². The smallest absolute Gasteiger partial charge is 0.320 e. The van der Waals surface area contributed by atoms with Crippen LogP contribution in [0.3, 0.4) is 0 Å². The zero-order valence-corrected chi connectivity index (χ0v) is 18.9. The van der Waals surface area contributed by atoms with Crippen LogP contribution in [0.2, 0.25) is 0 Å². The van der Waals surface area contributed by atoms with E-state index >= 15 is 0 Å². The lowest BCUT2D eigenvalue weighted by atomic mass is 9.90. The Hall–Kier alpha value is -2.24. The number of hydrogen-bond acceptors (Lipinski definition) is 8. The molecular weight excluding hydrogens is 403 g/mol. The van der Waals surface area contributed by atoms with Crippen LogP contribution in [0.5, 0.6) is 6.01 Å². The van der Waals surface area contributed by atoms with Gasteiger partial charge in [-0.05, 0) is 34.7 Å². The van der Waals surface area contributed by atoms with Gasteiger partial charge in [0.15, 0.2) is 11.6 Å². The minimum absolute atomic E-state index is 0.00935. The van der Waals surface area contributed by atoms with Crippen molar-refractivity contribution in [2.45, 2.75) is 51.5 Å². The van der Waals surface area contributed by atoms with Crippen LogP contribution in [-0.4, -0.2) is 94.3 Å². The van der Waals surface area contributed by atoms with Crippen LogP contribution in [0, 0.1) is 11.7 Å². The number of hydrazine groups is 1. The second-order valence-corrected chi connectivity index (χ2v) is 9.16. The van der Waals surface area contributed by atoms with Crippen molar-refractivity contribution in [2.75, 3.05) is 45.2 Å². The number of likely N-dealkylation sites (N-methyl/N-ethyl adjacent to an activating group) is 1. The number of likely N-dealkylation sites (tertiary alicyclic amines) is 1. The van der Waals surface area contributed by atoms with E-state index in [-0.39, 0.29) is 36.0 Å². The van der Waals surface area contributed by atoms with E-state index in [1.165, 1.54) is 0 Å². The molecule has 0 saturated carbocycles. The largest absolute Gasteiger partial charge is 0.464 e. The third kappa shape index (κ3) is 4.01. The average molecular weight is 437 g/mol. The molecule has 10 nitrogen and oxygen atoms in total. The van der Waals surface area contributed by atoms with Crippen molar-refractivity contribution in [3.05, 3.63) is 12.0 Å². The Morgan fingerprint density at radius 3 is 2.84 bits per heavy atom. The molecule has 3 saturated heterocycles. The molecule has 31 heavy (non-hydrogen) atoms. The zero-order valence-electron chi connectivity index (χ0n) is 18.9. The maximum absolute atomic E-state index is 14.3. The molecule has 3 unspecified atom stereocenters. The molecule has 4 rings (SSSR count). The zero-order chi connectivity index (χ0) is 22.3. The van der Waals surface area contributed by atoms with Gasteiger partial charge in [-0.2, -0.15) is 4.98 Å². The van der Waals surface area contributed by atoms with Gasteiger partial charge in [0.1, 0.15) is 0 Å². The van der Waals surface area contributed by atoms with Crippen molar-refractivity contribution in [1.29, 1.82) is 0 Å². The fraction of sp³-hybridized carbons (Fsp3) is 0.750. The van der Waals surface area contributed by atoms with Crippen LogP contribution >= 0.6 is 0 Å². The molecule has 0 spiro atoms. The minimum Gasteiger partial charge on any atom is -0.464 e. The summed E-state index contributed by atoms with van der Waals surface area (Å²) >= 11 is 0. The lowest BCUT2D eigenvalue weighted by Crippen LogP contribution is -2.60. The number of anilines is 1. The molecule has 2 amide bonds. The monoisotopic (exact) mass is 436 g/mol. The molecule has 1 aromatic heterocycles. The number of ether oxygens (including phenoxy) is 1. The highest BCUT2D eigenvalue weighted by Crippen LogP contribution is 2.38. The number of aromatic nitrogens is 2. The number of halogens is 1. The molecule has 3 aliphatic heterocycles. The molecule has 0 aliphatic carbocycles. The topological polar surface area (TPSA) is 97.9 Å². The number of nitrogens with zero attached hydrogens (tertiary/aromatic N) is 5. The van der Waals surface area contributed by atoms with Crippen LogP contribution in [0.15, 0.2) is 6.20 Å². The lowest BCUT2D eigenvalue weighted by Gasteiger charge is -2.43. The number of amides is 2. The van der Waals surface area contributed by atoms with Crippen molar-refractivity contribution < 1.29 is 13.9 Å². The fourth-order valence-corrected chi connectivity index (χ4v) is 4.77. The first-order chi connectivity index (χ1) is 14.7. The van der Waals surface area contributed by atoms with E-state index in [9.17, 15) is 9.18 Å². The normalized spacial score (nSPS) is 30.4. The summed E-state index contributed by atoms with van der Waals surface area (Å²) in [6.07, 6.45) is 0.802. The second-order valence-electron chi connectivity index (χ2n) is 9.16. The molecule has 11 heteroatoms. The second kappa shape index (κ2) is 8.36. The third-order valence-corrected chi connectivity index (χ3v) is 6.85. The Kier molecular flexibility index (Phi) is 5.93. The summed E-state index contributed by atoms with van der Waals surface area (Å²) in [6, 6.07) is 0.529. The van der Waals surface area contributed by atoms with Crippen LogP contribution in [0.4, 0.5) is 15.0 Å². The fourth-order valence-electron chi connectivity index (χ4n) is 4.77. The standard InChI is InChI=1S/C20H33FN8O2/c1-6-31-18-22-9-14(21)17(24-18)23-16-13-11-29(20(3,4)15(13)25-26-16)19(30)28-8-7-27(5)12(2)10-28/h9,12-13,15-16,25-26H,6-8,10-11H2,1-5H3,(H,22,23,24)/t12-,13?,15?,16?/m1/s1. The first kappa shape index (κ1) is 22.0. The highest BCUT2D eigenvalue weighted by molar-refractivity contribution is 5.76. The van der Waals surface area contributed by atoms with E-state index in [1.54, 1.807) is 0 Å². The lowest BCUT2D eigenvalue weighted by molar-refractivity contribution is 0.0770. The summed E-state index contributed by atoms with van der Waals surface area (Å²) in [5.74, 6) is -0.437. The first-order valence-corrected chi connectivity index (χ1v) is 10.9. The minimum atomic E-state index is -0.551. The predicted octanol–water partition coefficient (Wildman–Crippen LogP) is 0.695. The van der Waals surface area contributed by atoms with E-state index in [4.69, 9.17) is 4.74 Å². The van der Waals surface area contributed by atoms with E-state index in [0.717, 1.165) is 25.8 Å². The molecule has 4 atom stereocenters. The van der Waals surface area contributed by atoms with Crippen LogP contribution in [0.1, 0.15) is 27.7 Å². The van der Waals surface area contributed by atoms with Gasteiger partial charge >= 0.3 is 12.0 Å². The van der Waals surface area contributed by atoms with Crippen LogP contribution in [-0.2, 0) is 0 Å². The van der Waals surface area contributed by atoms with Crippen molar-refractivity contribution in [1.82, 2.24) is 35.5 Å². The number of piperazine rings is 1. The molecule has 3 aliphatic rings. The van der Waals surface area contributed by atoms with Gasteiger partial charge in [0.2, 0.25) is 0 Å². The van der Waals surface area contributed by atoms with Gasteiger partial charge in [0, 0.05) is 38.1 Å². The molecule has 0 bridgehead atoms. The Morgan fingerprint density at radius 2 is 2.13 bits per heavy atom. The average Bonchev–Trinajstić information content (AvgIpc) is 3.24. The quantitative estimate of drug-likeness (QED) is 0.635. The molecule has 0 radical (unpaired) electrons. The number of rotatable bonds is 4. The van der Waals surface area contributed by atoms with Gasteiger partial charge in [-0.3, -0.25) is 5.43 Å². The summed E-state index contributed by atoms with van der Waals surface area (Å²) in [5.41, 5.74) is 6.11. The maximum atomic E-state index is 14.3. The number of urea groups is 1. The molecule has 172 valence electrons. The SMILES string of the molecule is CCOc1ncc(F)c(NC2NNC3C2CN(C(=O)N2CCN(C)[C@H](C)C2)C3(C)C)n1. The summed E-state index contributed by atoms with van der Waals surface area (Å²) < 4.78 is 19.6. The summed E-state index contributed by atoms with van der Waals surface area (Å²) in [4.78, 5) is 27.6. The number of fused-ring (bicyclic) bond motifs is 1. The van der Waals surface area contributed by atoms with Gasteiger partial charge in [-0.15, -0.1) is 0 Å². The Morgan fingerprint density at radius 1 is 1.35 bits per heavy atom. The molecule has 0 aromatic carbocycles. The first-order valence-electron chi connectivity index (χ1n) is 10.9. The van der Waals surface area contributed by atoms with Crippen molar-refractivity contribution >= 4 is 11.8 Å². The van der Waals surface area contributed by atoms with E-state index in [0.29, 0.717) is 19.2 Å². The number of carbonyl (C=O) groups excluding carboxylic acids is 1. The van der Waals surface area contributed by atoms with Crippen molar-refractivity contribution in [2.24, 2.45) is 5.92 Å². The Balaban J connectivity index is 1.48. The highest BCUT2D eigenvalue weighted by Gasteiger charge is 2.56.